The van der Waals surface area contributed by atoms with Gasteiger partial charge < -0.3 is 4.74 Å². The maximum Gasteiger partial charge on any atom is 0.302 e. The molecule has 3 heteroatoms. The lowest BCUT2D eigenvalue weighted by atomic mass is 9.41. The fourth-order valence-electron chi connectivity index (χ4n) is 10.5. The average molecular weight is 484 g/mol. The van der Waals surface area contributed by atoms with Crippen molar-refractivity contribution in [2.45, 2.75) is 131 Å². The summed E-state index contributed by atoms with van der Waals surface area (Å²) in [6.45, 7) is 14.2. The fourth-order valence-corrected chi connectivity index (χ4v) is 10.5. The number of fused-ring (bicyclic) bond motifs is 5. The van der Waals surface area contributed by atoms with Crippen LogP contribution in [0.15, 0.2) is 0 Å². The Balaban J connectivity index is 1.59. The number of hydrogen-bond donors (Lipinski definition) is 0. The average Bonchev–Trinajstić information content (AvgIpc) is 3.17. The Kier molecular flexibility index (Phi) is 8.30. The van der Waals surface area contributed by atoms with E-state index in [2.05, 4.69) is 40.7 Å². The van der Waals surface area contributed by atoms with E-state index < -0.39 is 0 Å². The van der Waals surface area contributed by atoms with E-state index in [9.17, 15) is 4.79 Å². The van der Waals surface area contributed by atoms with Gasteiger partial charge in [0.15, 0.2) is 0 Å². The second-order valence-corrected chi connectivity index (χ2v) is 13.9. The Morgan fingerprint density at radius 3 is 2.43 bits per heavy atom. The van der Waals surface area contributed by atoms with Gasteiger partial charge >= 0.3 is 5.97 Å². The molecule has 11 atom stereocenters. The van der Waals surface area contributed by atoms with Crippen molar-refractivity contribution in [2.24, 2.45) is 58.2 Å². The zero-order chi connectivity index (χ0) is 25.4. The molecule has 0 N–H and O–H groups in total. The molecule has 0 aromatic rings. The highest BCUT2D eigenvalue weighted by molar-refractivity contribution is 5.66. The van der Waals surface area contributed by atoms with Crippen LogP contribution in [-0.2, 0) is 9.53 Å². The minimum Gasteiger partial charge on any atom is -0.462 e. The van der Waals surface area contributed by atoms with Crippen LogP contribution in [0.5, 0.6) is 0 Å². The third-order valence-corrected chi connectivity index (χ3v) is 12.2. The molecule has 0 aliphatic heterocycles. The van der Waals surface area contributed by atoms with Gasteiger partial charge in [0.1, 0.15) is 6.10 Å². The normalized spacial score (nSPS) is 45.5. The molecule has 0 amide bonds. The van der Waals surface area contributed by atoms with Gasteiger partial charge in [-0.05, 0) is 104 Å². The lowest BCUT2D eigenvalue weighted by molar-refractivity contribution is -0.213. The van der Waals surface area contributed by atoms with E-state index in [4.69, 9.17) is 10.00 Å². The van der Waals surface area contributed by atoms with E-state index in [0.717, 1.165) is 30.6 Å². The molecule has 198 valence electrons. The van der Waals surface area contributed by atoms with E-state index in [1.165, 1.54) is 64.2 Å². The maximum atomic E-state index is 12.4. The highest BCUT2D eigenvalue weighted by atomic mass is 16.5. The highest BCUT2D eigenvalue weighted by Gasteiger charge is 2.65. The standard InChI is InChI=1S/C32H53NO2/c1-7-24-28-20-21(2)15-17-32(28,6)27-16-18-31(5)25(22(3)12-10-8-9-11-19-33)13-14-26(31)29(27)30(24)35-23(4)34/h21-22,24-30H,7-18,20H2,1-6H3/t21-,22-,24-,25-,26+,27+,28+,29+,30-,31-,32-/m1/s1. The Bertz CT molecular complexity index is 787. The minimum absolute atomic E-state index is 0.0628. The van der Waals surface area contributed by atoms with E-state index in [1.807, 2.05) is 0 Å². The molecule has 3 nitrogen and oxygen atoms in total. The number of carbonyl (C=O) groups excluding carboxylic acids is 1. The van der Waals surface area contributed by atoms with Gasteiger partial charge in [0, 0.05) is 19.3 Å². The number of nitrogens with zero attached hydrogens (tertiary/aromatic N) is 1. The fraction of sp³-hybridized carbons (Fsp3) is 0.938. The first-order chi connectivity index (χ1) is 16.7. The van der Waals surface area contributed by atoms with Gasteiger partial charge in [-0.2, -0.15) is 5.26 Å². The minimum atomic E-state index is -0.0628. The first-order valence-corrected chi connectivity index (χ1v) is 15.2. The second-order valence-electron chi connectivity index (χ2n) is 13.9. The third-order valence-electron chi connectivity index (χ3n) is 12.2. The first kappa shape index (κ1) is 27.0. The molecule has 35 heavy (non-hydrogen) atoms. The molecule has 4 fully saturated rings. The molecule has 4 aliphatic rings. The summed E-state index contributed by atoms with van der Waals surface area (Å²) in [4.78, 5) is 12.4. The number of carbonyl (C=O) groups is 1. The van der Waals surface area contributed by atoms with Crippen molar-refractivity contribution in [1.82, 2.24) is 0 Å². The smallest absolute Gasteiger partial charge is 0.302 e. The molecule has 4 saturated carbocycles. The number of esters is 1. The number of unbranched alkanes of at least 4 members (excludes halogenated alkanes) is 3. The molecule has 0 aromatic carbocycles. The predicted molar refractivity (Wildman–Crippen MR) is 142 cm³/mol. The molecule has 0 aromatic heterocycles. The van der Waals surface area contributed by atoms with E-state index in [-0.39, 0.29) is 12.1 Å². The van der Waals surface area contributed by atoms with Crippen molar-refractivity contribution in [3.8, 4) is 6.07 Å². The summed E-state index contributed by atoms with van der Waals surface area (Å²) in [6, 6.07) is 2.30. The van der Waals surface area contributed by atoms with Crippen molar-refractivity contribution in [2.75, 3.05) is 0 Å². The van der Waals surface area contributed by atoms with Crippen LogP contribution >= 0.6 is 0 Å². The van der Waals surface area contributed by atoms with Crippen LogP contribution in [-0.4, -0.2) is 12.1 Å². The van der Waals surface area contributed by atoms with Gasteiger partial charge in [-0.1, -0.05) is 60.3 Å². The lowest BCUT2D eigenvalue weighted by Gasteiger charge is -2.65. The quantitative estimate of drug-likeness (QED) is 0.256. The Hall–Kier alpha value is -1.04. The molecule has 0 radical (unpaired) electrons. The van der Waals surface area contributed by atoms with Crippen molar-refractivity contribution >= 4 is 5.97 Å². The molecule has 4 aliphatic carbocycles. The number of rotatable bonds is 8. The third kappa shape index (κ3) is 4.82. The topological polar surface area (TPSA) is 50.1 Å². The van der Waals surface area contributed by atoms with Crippen molar-refractivity contribution < 1.29 is 9.53 Å². The summed E-state index contributed by atoms with van der Waals surface area (Å²) in [5.74, 6) is 5.46. The van der Waals surface area contributed by atoms with Crippen molar-refractivity contribution in [1.29, 1.82) is 5.26 Å². The zero-order valence-electron chi connectivity index (χ0n) is 23.7. The van der Waals surface area contributed by atoms with Gasteiger partial charge in [-0.25, -0.2) is 0 Å². The van der Waals surface area contributed by atoms with Crippen LogP contribution in [0, 0.1) is 69.5 Å². The molecular formula is C32H53NO2. The van der Waals surface area contributed by atoms with E-state index >= 15 is 0 Å². The molecule has 0 bridgehead atoms. The Morgan fingerprint density at radius 2 is 1.74 bits per heavy atom. The van der Waals surface area contributed by atoms with Crippen LogP contribution in [0.1, 0.15) is 125 Å². The van der Waals surface area contributed by atoms with Crippen LogP contribution < -0.4 is 0 Å². The summed E-state index contributed by atoms with van der Waals surface area (Å²) < 4.78 is 6.38. The number of hydrogen-bond acceptors (Lipinski definition) is 3. The van der Waals surface area contributed by atoms with Gasteiger partial charge in [0.25, 0.3) is 0 Å². The summed E-state index contributed by atoms with van der Waals surface area (Å²) in [5.41, 5.74) is 0.801. The molecule has 0 unspecified atom stereocenters. The Morgan fingerprint density at radius 1 is 1.03 bits per heavy atom. The van der Waals surface area contributed by atoms with Gasteiger partial charge in [0.2, 0.25) is 0 Å². The van der Waals surface area contributed by atoms with Gasteiger partial charge in [0.05, 0.1) is 6.07 Å². The van der Waals surface area contributed by atoms with E-state index in [1.54, 1.807) is 6.92 Å². The van der Waals surface area contributed by atoms with Crippen LogP contribution in [0.25, 0.3) is 0 Å². The van der Waals surface area contributed by atoms with Crippen molar-refractivity contribution in [3.63, 3.8) is 0 Å². The van der Waals surface area contributed by atoms with Gasteiger partial charge in [-0.3, -0.25) is 4.79 Å². The largest absolute Gasteiger partial charge is 0.462 e. The lowest BCUT2D eigenvalue weighted by Crippen LogP contribution is -2.62. The highest BCUT2D eigenvalue weighted by Crippen LogP contribution is 2.70. The van der Waals surface area contributed by atoms with Gasteiger partial charge in [-0.15, -0.1) is 0 Å². The summed E-state index contributed by atoms with van der Waals surface area (Å²) in [5, 5.41) is 8.84. The van der Waals surface area contributed by atoms with Crippen LogP contribution in [0.4, 0.5) is 0 Å². The summed E-state index contributed by atoms with van der Waals surface area (Å²) >= 11 is 0. The SMILES string of the molecule is CC[C@H]1[C@@H](OC(C)=O)[C@@H]2[C@H](CC[C@]3(C)[C@@H]([C@H](C)CCCCCC#N)CC[C@@H]23)[C@@]2(C)CC[C@@H](C)C[C@@H]12. The maximum absolute atomic E-state index is 12.4. The van der Waals surface area contributed by atoms with E-state index in [0.29, 0.717) is 46.8 Å². The van der Waals surface area contributed by atoms with Crippen molar-refractivity contribution in [3.05, 3.63) is 0 Å². The number of ether oxygens (including phenoxy) is 1. The molecular weight excluding hydrogens is 430 g/mol. The summed E-state index contributed by atoms with van der Waals surface area (Å²) in [7, 11) is 0. The number of nitriles is 1. The second kappa shape index (κ2) is 10.8. The summed E-state index contributed by atoms with van der Waals surface area (Å²) in [6.07, 6.45) is 16.2. The molecule has 0 saturated heterocycles. The van der Waals surface area contributed by atoms with Crippen LogP contribution in [0.2, 0.25) is 0 Å². The first-order valence-electron chi connectivity index (χ1n) is 15.2. The zero-order valence-corrected chi connectivity index (χ0v) is 23.7. The molecule has 4 rings (SSSR count). The molecule has 0 heterocycles. The monoisotopic (exact) mass is 483 g/mol. The Labute approximate surface area is 216 Å². The molecule has 0 spiro atoms. The predicted octanol–water partition coefficient (Wildman–Crippen LogP) is 8.57. The van der Waals surface area contributed by atoms with Crippen LogP contribution in [0.3, 0.4) is 0 Å².